The largest absolute Gasteiger partial charge is 0.488 e. The third kappa shape index (κ3) is 6.22. The van der Waals surface area contributed by atoms with Crippen LogP contribution >= 0.6 is 0 Å². The van der Waals surface area contributed by atoms with Crippen LogP contribution in [-0.2, 0) is 6.61 Å². The van der Waals surface area contributed by atoms with Crippen molar-refractivity contribution in [3.05, 3.63) is 102 Å². The fourth-order valence-corrected chi connectivity index (χ4v) is 3.24. The maximum atomic E-state index is 12.9. The van der Waals surface area contributed by atoms with Crippen LogP contribution in [-0.4, -0.2) is 24.8 Å². The van der Waals surface area contributed by atoms with Gasteiger partial charge in [-0.25, -0.2) is 0 Å². The average Bonchev–Trinajstić information content (AvgIpc) is 2.77. The molecule has 4 nitrogen and oxygen atoms in total. The zero-order chi connectivity index (χ0) is 22.2. The highest BCUT2D eigenvalue weighted by atomic mass is 16.5. The number of hydrogen-bond acceptors (Lipinski definition) is 4. The Morgan fingerprint density at radius 1 is 1.00 bits per heavy atom. The number of anilines is 2. The predicted octanol–water partition coefficient (Wildman–Crippen LogP) is 6.39. The first-order chi connectivity index (χ1) is 14.9. The van der Waals surface area contributed by atoms with E-state index in [1.54, 1.807) is 12.3 Å². The van der Waals surface area contributed by atoms with Crippen LogP contribution < -0.4 is 10.1 Å². The number of nitrogens with zero attached hydrogens (tertiary/aromatic N) is 1. The van der Waals surface area contributed by atoms with Crippen LogP contribution in [0, 0.1) is 0 Å². The summed E-state index contributed by atoms with van der Waals surface area (Å²) in [4.78, 5) is 14.8. The molecule has 0 saturated carbocycles. The highest BCUT2D eigenvalue weighted by molar-refractivity contribution is 6.07. The van der Waals surface area contributed by atoms with E-state index in [1.807, 2.05) is 79.7 Å². The lowest BCUT2D eigenvalue weighted by atomic mass is 10.0. The molecule has 3 aromatic rings. The van der Waals surface area contributed by atoms with Gasteiger partial charge in [-0.05, 0) is 41.3 Å². The first kappa shape index (κ1) is 22.2. The molecule has 3 aromatic carbocycles. The maximum Gasteiger partial charge on any atom is 0.191 e. The van der Waals surface area contributed by atoms with Crippen molar-refractivity contribution in [2.75, 3.05) is 19.4 Å². The van der Waals surface area contributed by atoms with E-state index in [2.05, 4.69) is 31.3 Å². The molecule has 31 heavy (non-hydrogen) atoms. The molecule has 160 valence electrons. The Balaban J connectivity index is 1.90. The molecule has 0 radical (unpaired) electrons. The van der Waals surface area contributed by atoms with Gasteiger partial charge in [-0.15, -0.1) is 0 Å². The summed E-state index contributed by atoms with van der Waals surface area (Å²) in [5.74, 6) is 0.860. The quantitative estimate of drug-likeness (QED) is 0.325. The van der Waals surface area contributed by atoms with Crippen molar-refractivity contribution in [2.45, 2.75) is 26.4 Å². The number of nitrogens with one attached hydrogen (secondary N) is 1. The van der Waals surface area contributed by atoms with Gasteiger partial charge in [-0.2, -0.15) is 0 Å². The van der Waals surface area contributed by atoms with Crippen molar-refractivity contribution in [2.24, 2.45) is 0 Å². The second-order valence-electron chi connectivity index (χ2n) is 8.00. The Morgan fingerprint density at radius 3 is 2.42 bits per heavy atom. The molecule has 0 aliphatic heterocycles. The van der Waals surface area contributed by atoms with Gasteiger partial charge in [0.25, 0.3) is 0 Å². The number of ether oxygens (including phenoxy) is 1. The van der Waals surface area contributed by atoms with Gasteiger partial charge >= 0.3 is 0 Å². The van der Waals surface area contributed by atoms with Gasteiger partial charge in [-0.3, -0.25) is 4.79 Å². The molecule has 1 N–H and O–H groups in total. The molecule has 0 amide bonds. The lowest BCUT2D eigenvalue weighted by Gasteiger charge is -2.16. The summed E-state index contributed by atoms with van der Waals surface area (Å²) in [6.07, 6.45) is 3.31. The smallest absolute Gasteiger partial charge is 0.191 e. The number of carbonyl (C=O) groups excluding carboxylic acids is 1. The van der Waals surface area contributed by atoms with Gasteiger partial charge in [0.15, 0.2) is 5.78 Å². The lowest BCUT2D eigenvalue weighted by molar-refractivity contribution is 0.104. The second-order valence-corrected chi connectivity index (χ2v) is 8.00. The summed E-state index contributed by atoms with van der Waals surface area (Å²) in [7, 11) is 3.77. The van der Waals surface area contributed by atoms with E-state index < -0.39 is 0 Å². The molecule has 0 spiro atoms. The van der Waals surface area contributed by atoms with E-state index >= 15 is 0 Å². The van der Waals surface area contributed by atoms with Gasteiger partial charge in [0.1, 0.15) is 12.4 Å². The highest BCUT2D eigenvalue weighted by Crippen LogP contribution is 2.30. The van der Waals surface area contributed by atoms with Crippen molar-refractivity contribution >= 4 is 17.2 Å². The van der Waals surface area contributed by atoms with Gasteiger partial charge in [-0.1, -0.05) is 62.4 Å². The van der Waals surface area contributed by atoms with Gasteiger partial charge in [0.2, 0.25) is 0 Å². The third-order valence-corrected chi connectivity index (χ3v) is 4.87. The Hall–Kier alpha value is -3.53. The van der Waals surface area contributed by atoms with Gasteiger partial charge in [0.05, 0.1) is 5.56 Å². The fourth-order valence-electron chi connectivity index (χ4n) is 3.24. The number of rotatable bonds is 9. The number of ketones is 1. The second kappa shape index (κ2) is 10.5. The van der Waals surface area contributed by atoms with Crippen molar-refractivity contribution in [3.63, 3.8) is 0 Å². The van der Waals surface area contributed by atoms with E-state index in [0.29, 0.717) is 23.8 Å². The summed E-state index contributed by atoms with van der Waals surface area (Å²) in [5, 5.41) is 3.47. The zero-order valence-corrected chi connectivity index (χ0v) is 18.6. The summed E-state index contributed by atoms with van der Waals surface area (Å²) in [6, 6.07) is 23.8. The highest BCUT2D eigenvalue weighted by Gasteiger charge is 2.13. The molecule has 0 aliphatic rings. The minimum atomic E-state index is -0.0995. The Morgan fingerprint density at radius 2 is 1.71 bits per heavy atom. The Bertz CT molecular complexity index is 1040. The van der Waals surface area contributed by atoms with Crippen molar-refractivity contribution in [1.29, 1.82) is 0 Å². The molecule has 0 saturated heterocycles. The average molecular weight is 415 g/mol. The summed E-state index contributed by atoms with van der Waals surface area (Å²) < 4.78 is 6.02. The minimum absolute atomic E-state index is 0.0995. The van der Waals surface area contributed by atoms with Crippen molar-refractivity contribution in [3.8, 4) is 5.75 Å². The van der Waals surface area contributed by atoms with E-state index in [0.717, 1.165) is 16.9 Å². The summed E-state index contributed by atoms with van der Waals surface area (Å²) in [6.45, 7) is 4.74. The third-order valence-electron chi connectivity index (χ3n) is 4.87. The molecule has 0 aliphatic carbocycles. The minimum Gasteiger partial charge on any atom is -0.488 e. The van der Waals surface area contributed by atoms with Crippen LogP contribution in [0.1, 0.15) is 41.3 Å². The Labute approximate surface area is 185 Å². The molecule has 0 unspecified atom stereocenters. The lowest BCUT2D eigenvalue weighted by Crippen LogP contribution is -2.06. The first-order valence-corrected chi connectivity index (χ1v) is 10.5. The SMILES string of the molecule is CC(C)c1ccccc1Nc1ccc(OCc2ccccc2)c(C(=O)C=CN(C)C)c1. The van der Waals surface area contributed by atoms with Crippen LogP contribution in [0.3, 0.4) is 0 Å². The molecule has 3 rings (SSSR count). The first-order valence-electron chi connectivity index (χ1n) is 10.5. The monoisotopic (exact) mass is 414 g/mol. The number of hydrogen-bond donors (Lipinski definition) is 1. The van der Waals surface area contributed by atoms with E-state index in [4.69, 9.17) is 4.74 Å². The van der Waals surface area contributed by atoms with Crippen molar-refractivity contribution in [1.82, 2.24) is 4.90 Å². The standard InChI is InChI=1S/C27H30N2O2/c1-20(2)23-12-8-9-13-25(23)28-22-14-15-27(31-19-21-10-6-5-7-11-21)24(18-22)26(30)16-17-29(3)4/h5-18,20,28H,19H2,1-4H3. The summed E-state index contributed by atoms with van der Waals surface area (Å²) in [5.41, 5.74) is 4.70. The number of allylic oxidation sites excluding steroid dienone is 1. The molecule has 4 heteroatoms. The molecular weight excluding hydrogens is 384 g/mol. The molecule has 0 heterocycles. The molecule has 0 bridgehead atoms. The van der Waals surface area contributed by atoms with Crippen LogP contribution in [0.25, 0.3) is 0 Å². The normalized spacial score (nSPS) is 11.0. The number of para-hydroxylation sites is 1. The molecule has 0 atom stereocenters. The number of carbonyl (C=O) groups is 1. The predicted molar refractivity (Wildman–Crippen MR) is 128 cm³/mol. The molecule has 0 aromatic heterocycles. The van der Waals surface area contributed by atoms with E-state index in [-0.39, 0.29) is 5.78 Å². The summed E-state index contributed by atoms with van der Waals surface area (Å²) >= 11 is 0. The maximum absolute atomic E-state index is 12.9. The number of benzene rings is 3. The van der Waals surface area contributed by atoms with Crippen LogP contribution in [0.5, 0.6) is 5.75 Å². The van der Waals surface area contributed by atoms with Gasteiger partial charge < -0.3 is 15.0 Å². The molecular formula is C27H30N2O2. The van der Waals surface area contributed by atoms with E-state index in [1.165, 1.54) is 5.56 Å². The fraction of sp³-hybridized carbons (Fsp3) is 0.222. The van der Waals surface area contributed by atoms with Gasteiger partial charge in [0, 0.05) is 37.7 Å². The Kier molecular flexibility index (Phi) is 7.50. The zero-order valence-electron chi connectivity index (χ0n) is 18.6. The van der Waals surface area contributed by atoms with E-state index in [9.17, 15) is 4.79 Å². The van der Waals surface area contributed by atoms with Crippen molar-refractivity contribution < 1.29 is 9.53 Å². The van der Waals surface area contributed by atoms with Crippen LogP contribution in [0.2, 0.25) is 0 Å². The topological polar surface area (TPSA) is 41.6 Å². The van der Waals surface area contributed by atoms with Crippen LogP contribution in [0.15, 0.2) is 85.1 Å². The molecule has 0 fully saturated rings. The van der Waals surface area contributed by atoms with Crippen LogP contribution in [0.4, 0.5) is 11.4 Å².